The van der Waals surface area contributed by atoms with Crippen LogP contribution < -0.4 is 15.6 Å². The van der Waals surface area contributed by atoms with Crippen molar-refractivity contribution in [2.45, 2.75) is 53.0 Å². The Morgan fingerprint density at radius 3 is 2.34 bits per heavy atom. The summed E-state index contributed by atoms with van der Waals surface area (Å²) in [5.41, 5.74) is 5.23. The fraction of sp³-hybridized carbons (Fsp3) is 0.385. The van der Waals surface area contributed by atoms with E-state index in [-0.39, 0.29) is 17.0 Å². The molecular formula is C26H32N2O4. The van der Waals surface area contributed by atoms with Gasteiger partial charge < -0.3 is 19.8 Å². The van der Waals surface area contributed by atoms with Crippen LogP contribution in [0.2, 0.25) is 0 Å². The van der Waals surface area contributed by atoms with Gasteiger partial charge >= 0.3 is 6.09 Å². The number of rotatable bonds is 5. The summed E-state index contributed by atoms with van der Waals surface area (Å²) < 4.78 is 11.1. The molecule has 0 unspecified atom stereocenters. The number of hydrogen-bond acceptors (Lipinski definition) is 4. The van der Waals surface area contributed by atoms with E-state index in [2.05, 4.69) is 10.3 Å². The molecule has 0 saturated heterocycles. The second-order valence-electron chi connectivity index (χ2n) is 9.33. The lowest BCUT2D eigenvalue weighted by Crippen LogP contribution is -2.41. The molecule has 1 aromatic heterocycles. The molecule has 3 rings (SSSR count). The zero-order valence-electron chi connectivity index (χ0n) is 19.9. The van der Waals surface area contributed by atoms with Crippen molar-refractivity contribution in [1.82, 2.24) is 10.3 Å². The Labute approximate surface area is 189 Å². The number of alkyl carbamates (subject to hydrolysis) is 1. The van der Waals surface area contributed by atoms with E-state index in [1.54, 1.807) is 13.2 Å². The topological polar surface area (TPSA) is 80.4 Å². The minimum absolute atomic E-state index is 0.0458. The van der Waals surface area contributed by atoms with Crippen molar-refractivity contribution in [1.29, 1.82) is 0 Å². The lowest BCUT2D eigenvalue weighted by atomic mass is 9.92. The summed E-state index contributed by atoms with van der Waals surface area (Å²) in [5, 5.41) is 3.78. The molecular weight excluding hydrogens is 404 g/mol. The largest absolute Gasteiger partial charge is 0.496 e. The van der Waals surface area contributed by atoms with Crippen LogP contribution in [-0.2, 0) is 4.74 Å². The van der Waals surface area contributed by atoms with E-state index >= 15 is 0 Å². The predicted molar refractivity (Wildman–Crippen MR) is 129 cm³/mol. The number of aromatic amines is 1. The van der Waals surface area contributed by atoms with Gasteiger partial charge in [0.1, 0.15) is 5.75 Å². The fourth-order valence-corrected chi connectivity index (χ4v) is 3.83. The Bertz CT molecular complexity index is 1190. The molecule has 6 nitrogen and oxygen atoms in total. The Morgan fingerprint density at radius 2 is 1.75 bits per heavy atom. The molecule has 0 aliphatic heterocycles. The summed E-state index contributed by atoms with van der Waals surface area (Å²) >= 11 is 0. The highest BCUT2D eigenvalue weighted by Crippen LogP contribution is 2.39. The van der Waals surface area contributed by atoms with Gasteiger partial charge in [-0.05, 0) is 62.9 Å². The second-order valence-corrected chi connectivity index (χ2v) is 9.33. The van der Waals surface area contributed by atoms with Crippen LogP contribution in [0.4, 0.5) is 4.79 Å². The summed E-state index contributed by atoms with van der Waals surface area (Å²) in [6.07, 6.45) is -0.415. The van der Waals surface area contributed by atoms with Crippen molar-refractivity contribution in [2.24, 2.45) is 0 Å². The highest BCUT2D eigenvalue weighted by molar-refractivity contribution is 6.01. The molecule has 0 radical (unpaired) electrons. The van der Waals surface area contributed by atoms with Crippen LogP contribution in [0.5, 0.6) is 5.75 Å². The first-order valence-electron chi connectivity index (χ1n) is 10.8. The van der Waals surface area contributed by atoms with Crippen LogP contribution in [0.3, 0.4) is 0 Å². The van der Waals surface area contributed by atoms with E-state index < -0.39 is 6.09 Å². The van der Waals surface area contributed by atoms with E-state index in [9.17, 15) is 9.59 Å². The fourth-order valence-electron chi connectivity index (χ4n) is 3.83. The van der Waals surface area contributed by atoms with E-state index in [0.717, 1.165) is 44.5 Å². The van der Waals surface area contributed by atoms with E-state index in [1.165, 1.54) is 0 Å². The Hall–Kier alpha value is -3.28. The van der Waals surface area contributed by atoms with Crippen LogP contribution in [0.25, 0.3) is 22.0 Å². The zero-order chi connectivity index (χ0) is 23.6. The van der Waals surface area contributed by atoms with Crippen LogP contribution in [0, 0.1) is 13.8 Å². The average molecular weight is 437 g/mol. The van der Waals surface area contributed by atoms with E-state index in [4.69, 9.17) is 9.47 Å². The average Bonchev–Trinajstić information content (AvgIpc) is 2.71. The van der Waals surface area contributed by atoms with Crippen molar-refractivity contribution < 1.29 is 14.3 Å². The first-order chi connectivity index (χ1) is 15.0. The summed E-state index contributed by atoms with van der Waals surface area (Å²) in [7, 11) is 1.65. The second kappa shape index (κ2) is 9.07. The maximum absolute atomic E-state index is 12.0. The maximum atomic E-state index is 12.0. The number of aromatic nitrogens is 1. The minimum Gasteiger partial charge on any atom is -0.496 e. The van der Waals surface area contributed by atoms with Gasteiger partial charge in [0.05, 0.1) is 19.2 Å². The highest BCUT2D eigenvalue weighted by atomic mass is 16.5. The maximum Gasteiger partial charge on any atom is 0.407 e. The summed E-state index contributed by atoms with van der Waals surface area (Å²) in [6, 6.07) is 11.7. The van der Waals surface area contributed by atoms with Crippen LogP contribution in [0.15, 0.2) is 41.2 Å². The van der Waals surface area contributed by atoms with Gasteiger partial charge in [-0.1, -0.05) is 31.2 Å². The Kier molecular flexibility index (Phi) is 6.63. The molecule has 0 aliphatic rings. The Balaban J connectivity index is 1.92. The van der Waals surface area contributed by atoms with Gasteiger partial charge in [0, 0.05) is 28.5 Å². The molecule has 3 aromatic rings. The minimum atomic E-state index is -0.415. The SMILES string of the molecule is COc1cc(C)c2[nH]c(=O)cc(C)c2c1-c1ccc([C@@H](C)COC(=O)NC(C)(C)C)cc1. The number of benzene rings is 2. The summed E-state index contributed by atoms with van der Waals surface area (Å²) in [6.45, 7) is 12.0. The van der Waals surface area contributed by atoms with Gasteiger partial charge in [-0.15, -0.1) is 0 Å². The molecule has 2 aromatic carbocycles. The van der Waals surface area contributed by atoms with Crippen molar-refractivity contribution in [3.63, 3.8) is 0 Å². The molecule has 170 valence electrons. The normalized spacial score (nSPS) is 12.5. The van der Waals surface area contributed by atoms with Gasteiger partial charge in [0.2, 0.25) is 5.56 Å². The molecule has 32 heavy (non-hydrogen) atoms. The molecule has 0 saturated carbocycles. The number of aryl methyl sites for hydroxylation is 2. The molecule has 0 aliphatic carbocycles. The number of carbonyl (C=O) groups is 1. The smallest absolute Gasteiger partial charge is 0.407 e. The van der Waals surface area contributed by atoms with Crippen LogP contribution in [-0.4, -0.2) is 30.3 Å². The number of pyridine rings is 1. The first kappa shape index (κ1) is 23.4. The first-order valence-corrected chi connectivity index (χ1v) is 10.8. The highest BCUT2D eigenvalue weighted by Gasteiger charge is 2.18. The number of ether oxygens (including phenoxy) is 2. The number of hydrogen-bond donors (Lipinski definition) is 2. The third-order valence-electron chi connectivity index (χ3n) is 5.41. The van der Waals surface area contributed by atoms with Gasteiger partial charge in [-0.25, -0.2) is 4.79 Å². The third kappa shape index (κ3) is 5.13. The van der Waals surface area contributed by atoms with Crippen molar-refractivity contribution in [3.8, 4) is 16.9 Å². The molecule has 1 amide bonds. The molecule has 0 spiro atoms. The zero-order valence-corrected chi connectivity index (χ0v) is 19.9. The molecule has 2 N–H and O–H groups in total. The number of carbonyl (C=O) groups excluding carboxylic acids is 1. The third-order valence-corrected chi connectivity index (χ3v) is 5.41. The monoisotopic (exact) mass is 436 g/mol. The lowest BCUT2D eigenvalue weighted by molar-refractivity contribution is 0.132. The number of amides is 1. The lowest BCUT2D eigenvalue weighted by Gasteiger charge is -2.21. The van der Waals surface area contributed by atoms with Crippen LogP contribution >= 0.6 is 0 Å². The predicted octanol–water partition coefficient (Wildman–Crippen LogP) is 5.45. The molecule has 0 fully saturated rings. The van der Waals surface area contributed by atoms with E-state index in [0.29, 0.717) is 6.61 Å². The van der Waals surface area contributed by atoms with Gasteiger partial charge in [0.15, 0.2) is 0 Å². The van der Waals surface area contributed by atoms with Crippen molar-refractivity contribution >= 4 is 17.0 Å². The molecule has 6 heteroatoms. The number of methoxy groups -OCH3 is 1. The van der Waals surface area contributed by atoms with Crippen molar-refractivity contribution in [2.75, 3.05) is 13.7 Å². The van der Waals surface area contributed by atoms with Gasteiger partial charge in [-0.3, -0.25) is 4.79 Å². The molecule has 1 atom stereocenters. The quantitative estimate of drug-likeness (QED) is 0.557. The van der Waals surface area contributed by atoms with Gasteiger partial charge in [-0.2, -0.15) is 0 Å². The number of H-pyrrole nitrogens is 1. The standard InChI is InChI=1S/C26H32N2O4/c1-15-13-21(29)27-24-16(2)12-20(31-7)23(22(15)24)19-10-8-18(9-11-19)17(3)14-32-25(30)28-26(4,5)6/h8-13,17H,14H2,1-7H3,(H,27,29)(H,28,30)/t17-/m0/s1. The van der Waals surface area contributed by atoms with Gasteiger partial charge in [0.25, 0.3) is 0 Å². The number of fused-ring (bicyclic) bond motifs is 1. The molecule has 1 heterocycles. The summed E-state index contributed by atoms with van der Waals surface area (Å²) in [5.74, 6) is 0.803. The van der Waals surface area contributed by atoms with Crippen molar-refractivity contribution in [3.05, 3.63) is 63.4 Å². The Morgan fingerprint density at radius 1 is 1.09 bits per heavy atom. The van der Waals surface area contributed by atoms with Crippen LogP contribution in [0.1, 0.15) is 50.3 Å². The van der Waals surface area contributed by atoms with E-state index in [1.807, 2.05) is 71.9 Å². The summed E-state index contributed by atoms with van der Waals surface area (Å²) in [4.78, 5) is 26.9. The number of nitrogens with one attached hydrogen (secondary N) is 2. The molecule has 0 bridgehead atoms.